The van der Waals surface area contributed by atoms with Crippen molar-refractivity contribution in [1.29, 1.82) is 0 Å². The van der Waals surface area contributed by atoms with Crippen molar-refractivity contribution >= 4 is 28.2 Å². The molecule has 0 aromatic heterocycles. The van der Waals surface area contributed by atoms with Gasteiger partial charge in [-0.1, -0.05) is 0 Å². The molecule has 0 heterocycles. The van der Waals surface area contributed by atoms with Gasteiger partial charge in [0.1, 0.15) is 12.9 Å². The lowest BCUT2D eigenvalue weighted by molar-refractivity contribution is -0.132. The number of rotatable bonds is 6. The highest BCUT2D eigenvalue weighted by atomic mass is 32.2. The summed E-state index contributed by atoms with van der Waals surface area (Å²) in [7, 11) is -3.69. The lowest BCUT2D eigenvalue weighted by Gasteiger charge is -2.05. The number of hydrogen-bond donors (Lipinski definition) is 1. The summed E-state index contributed by atoms with van der Waals surface area (Å²) in [6.45, 7) is -0.491. The maximum atomic E-state index is 10.9. The largest absolute Gasteiger partial charge is 0.533 e. The van der Waals surface area contributed by atoms with E-state index in [-0.39, 0.29) is 12.8 Å². The quantitative estimate of drug-likeness (QED) is 0.221. The molecule has 1 N–H and O–H groups in total. The van der Waals surface area contributed by atoms with Crippen LogP contribution in [-0.4, -0.2) is 39.1 Å². The summed E-state index contributed by atoms with van der Waals surface area (Å²) in [5.74, 6) is -1.23. The topological polar surface area (TPSA) is 116 Å². The second-order valence-corrected chi connectivity index (χ2v) is 4.74. The van der Waals surface area contributed by atoms with Crippen molar-refractivity contribution in [3.8, 4) is 11.7 Å². The number of carbonyl (C=O) groups excluding carboxylic acids is 3. The highest BCUT2D eigenvalue weighted by molar-refractivity contribution is 7.96. The maximum absolute atomic E-state index is 10.9. The Bertz CT molecular complexity index is 448. The molecular weight excluding hydrogens is 266 g/mol. The summed E-state index contributed by atoms with van der Waals surface area (Å²) in [4.78, 5) is 35.7. The zero-order chi connectivity index (χ0) is 14.0. The van der Waals surface area contributed by atoms with Crippen LogP contribution in [0.5, 0.6) is 0 Å². The molecule has 0 atom stereocenters. The molecule has 0 aliphatic heterocycles. The van der Waals surface area contributed by atoms with Gasteiger partial charge in [0.2, 0.25) is 9.84 Å². The first-order valence-electron chi connectivity index (χ1n) is 4.67. The summed E-state index contributed by atoms with van der Waals surface area (Å²) in [5.41, 5.74) is 1.72. The van der Waals surface area contributed by atoms with Gasteiger partial charge in [-0.15, -0.1) is 6.42 Å². The molecule has 0 radical (unpaired) electrons. The van der Waals surface area contributed by atoms with E-state index >= 15 is 0 Å². The number of carbonyl (C=O) groups is 3. The van der Waals surface area contributed by atoms with Gasteiger partial charge in [-0.3, -0.25) is 4.79 Å². The van der Waals surface area contributed by atoms with Gasteiger partial charge >= 0.3 is 6.16 Å². The molecule has 0 saturated heterocycles. The fourth-order valence-corrected chi connectivity index (χ4v) is 1.08. The minimum Gasteiger partial charge on any atom is -0.432 e. The molecular formula is C9H11NO7S. The van der Waals surface area contributed by atoms with Crippen molar-refractivity contribution in [2.75, 3.05) is 12.4 Å². The predicted octanol–water partition coefficient (Wildman–Crippen LogP) is -0.845. The molecule has 0 saturated carbocycles. The van der Waals surface area contributed by atoms with E-state index in [4.69, 9.17) is 0 Å². The third-order valence-electron chi connectivity index (χ3n) is 1.49. The molecule has 0 bridgehead atoms. The second-order valence-electron chi connectivity index (χ2n) is 2.87. The van der Waals surface area contributed by atoms with Gasteiger partial charge in [0, 0.05) is 18.1 Å². The normalized spacial score (nSPS) is 9.94. The molecule has 8 nitrogen and oxygen atoms in total. The van der Waals surface area contributed by atoms with Crippen LogP contribution in [0.1, 0.15) is 12.8 Å². The van der Waals surface area contributed by atoms with Crippen molar-refractivity contribution < 1.29 is 32.4 Å². The standard InChI is InChI=1S/C9H11NO7S/c1-2-18(14,15)7-6-16-9(13)17-10-8(12)4-3-5-11/h1,5H,3-4,6-7H2,(H,10,12). The molecule has 0 spiro atoms. The highest BCUT2D eigenvalue weighted by Gasteiger charge is 2.11. The molecule has 0 aromatic rings. The SMILES string of the molecule is C#CS(=O)(=O)CCOC(=O)ONC(=O)CCC=O. The Morgan fingerprint density at radius 1 is 1.39 bits per heavy atom. The van der Waals surface area contributed by atoms with Crippen LogP contribution >= 0.6 is 0 Å². The van der Waals surface area contributed by atoms with Crippen molar-refractivity contribution in [2.24, 2.45) is 0 Å². The maximum Gasteiger partial charge on any atom is 0.533 e. The summed E-state index contributed by atoms with van der Waals surface area (Å²) in [6, 6.07) is 0. The van der Waals surface area contributed by atoms with E-state index in [1.54, 1.807) is 5.48 Å². The summed E-state index contributed by atoms with van der Waals surface area (Å²) >= 11 is 0. The van der Waals surface area contributed by atoms with Crippen LogP contribution in [0.3, 0.4) is 0 Å². The van der Waals surface area contributed by atoms with E-state index in [2.05, 4.69) is 16.0 Å². The molecule has 0 aliphatic rings. The monoisotopic (exact) mass is 277 g/mol. The lowest BCUT2D eigenvalue weighted by atomic mass is 10.3. The Kier molecular flexibility index (Phi) is 7.14. The Labute approximate surface area is 103 Å². The van der Waals surface area contributed by atoms with Gasteiger partial charge in [-0.25, -0.2) is 13.2 Å². The fourth-order valence-electron chi connectivity index (χ4n) is 0.663. The van der Waals surface area contributed by atoms with Gasteiger partial charge in [0.15, 0.2) is 0 Å². The Balaban J connectivity index is 3.77. The van der Waals surface area contributed by atoms with Crippen LogP contribution in [0.15, 0.2) is 0 Å². The Hall–Kier alpha value is -2.08. The van der Waals surface area contributed by atoms with Gasteiger partial charge in [-0.2, -0.15) is 5.48 Å². The summed E-state index contributed by atoms with van der Waals surface area (Å²) < 4.78 is 25.9. The first kappa shape index (κ1) is 15.9. The molecule has 0 rings (SSSR count). The summed E-state index contributed by atoms with van der Waals surface area (Å²) in [5, 5.41) is 1.53. The molecule has 0 fully saturated rings. The zero-order valence-corrected chi connectivity index (χ0v) is 10.1. The lowest BCUT2D eigenvalue weighted by Crippen LogP contribution is -2.28. The van der Waals surface area contributed by atoms with Crippen LogP contribution in [0.25, 0.3) is 0 Å². The van der Waals surface area contributed by atoms with E-state index in [1.165, 1.54) is 5.25 Å². The van der Waals surface area contributed by atoms with Crippen molar-refractivity contribution in [3.63, 3.8) is 0 Å². The van der Waals surface area contributed by atoms with E-state index in [1.807, 2.05) is 0 Å². The number of hydroxylamine groups is 1. The van der Waals surface area contributed by atoms with Crippen LogP contribution in [0.2, 0.25) is 0 Å². The number of sulfone groups is 1. The number of amides is 1. The van der Waals surface area contributed by atoms with E-state index in [0.29, 0.717) is 6.29 Å². The third-order valence-corrected chi connectivity index (χ3v) is 2.55. The summed E-state index contributed by atoms with van der Waals surface area (Å²) in [6.07, 6.45) is 3.78. The van der Waals surface area contributed by atoms with Crippen LogP contribution in [-0.2, 0) is 29.0 Å². The van der Waals surface area contributed by atoms with E-state index in [9.17, 15) is 22.8 Å². The van der Waals surface area contributed by atoms with Crippen LogP contribution in [0.4, 0.5) is 4.79 Å². The average molecular weight is 277 g/mol. The first-order valence-corrected chi connectivity index (χ1v) is 6.32. The predicted molar refractivity (Wildman–Crippen MR) is 58.5 cm³/mol. The zero-order valence-electron chi connectivity index (χ0n) is 9.25. The third kappa shape index (κ3) is 8.12. The number of ether oxygens (including phenoxy) is 1. The Morgan fingerprint density at radius 2 is 2.06 bits per heavy atom. The van der Waals surface area contributed by atoms with E-state index in [0.717, 1.165) is 0 Å². The molecule has 0 aromatic carbocycles. The molecule has 1 amide bonds. The van der Waals surface area contributed by atoms with Crippen LogP contribution < -0.4 is 5.48 Å². The number of nitrogens with one attached hydrogen (secondary N) is 1. The molecule has 0 unspecified atom stereocenters. The minimum atomic E-state index is -3.69. The van der Waals surface area contributed by atoms with Gasteiger partial charge in [-0.05, 0) is 0 Å². The average Bonchev–Trinajstić information content (AvgIpc) is 2.33. The van der Waals surface area contributed by atoms with Crippen molar-refractivity contribution in [3.05, 3.63) is 0 Å². The van der Waals surface area contributed by atoms with Crippen LogP contribution in [0, 0.1) is 11.7 Å². The molecule has 9 heteroatoms. The number of aldehydes is 1. The first-order chi connectivity index (χ1) is 8.41. The molecule has 100 valence electrons. The van der Waals surface area contributed by atoms with E-state index < -0.39 is 34.3 Å². The van der Waals surface area contributed by atoms with Crippen molar-refractivity contribution in [1.82, 2.24) is 5.48 Å². The second kappa shape index (κ2) is 8.08. The molecule has 18 heavy (non-hydrogen) atoms. The molecule has 0 aliphatic carbocycles. The highest BCUT2D eigenvalue weighted by Crippen LogP contribution is 1.90. The minimum absolute atomic E-state index is 0.00927. The Morgan fingerprint density at radius 3 is 2.61 bits per heavy atom. The van der Waals surface area contributed by atoms with Gasteiger partial charge < -0.3 is 14.4 Å². The number of hydrogen-bond acceptors (Lipinski definition) is 7. The number of terminal acetylenes is 1. The smallest absolute Gasteiger partial charge is 0.432 e. The van der Waals surface area contributed by atoms with Gasteiger partial charge in [0.25, 0.3) is 5.91 Å². The van der Waals surface area contributed by atoms with Crippen molar-refractivity contribution in [2.45, 2.75) is 12.8 Å². The fraction of sp³-hybridized carbons (Fsp3) is 0.444. The van der Waals surface area contributed by atoms with Gasteiger partial charge in [0.05, 0.1) is 5.75 Å².